The molecular formula is C24H30FN3O4. The van der Waals surface area contributed by atoms with Crippen LogP contribution in [0.3, 0.4) is 0 Å². The molecule has 1 fully saturated rings. The maximum Gasteiger partial charge on any atom is 0.321 e. The summed E-state index contributed by atoms with van der Waals surface area (Å²) >= 11 is 0. The molecule has 3 amide bonds. The van der Waals surface area contributed by atoms with Crippen LogP contribution in [-0.2, 0) is 0 Å². The van der Waals surface area contributed by atoms with Gasteiger partial charge in [-0.2, -0.15) is 0 Å². The summed E-state index contributed by atoms with van der Waals surface area (Å²) in [5.41, 5.74) is 1.08. The van der Waals surface area contributed by atoms with E-state index in [1.165, 1.54) is 24.3 Å². The summed E-state index contributed by atoms with van der Waals surface area (Å²) in [4.78, 5) is 26.7. The molecule has 0 atom stereocenters. The molecule has 0 saturated carbocycles. The number of nitrogens with one attached hydrogen (secondary N) is 2. The number of rotatable bonds is 8. The highest BCUT2D eigenvalue weighted by Crippen LogP contribution is 2.28. The van der Waals surface area contributed by atoms with Crippen molar-refractivity contribution in [1.82, 2.24) is 10.2 Å². The molecule has 7 nitrogen and oxygen atoms in total. The first-order valence-corrected chi connectivity index (χ1v) is 11.0. The van der Waals surface area contributed by atoms with Crippen LogP contribution in [0.4, 0.5) is 14.9 Å². The molecule has 0 radical (unpaired) electrons. The van der Waals surface area contributed by atoms with Crippen LogP contribution in [-0.4, -0.2) is 49.7 Å². The van der Waals surface area contributed by atoms with Gasteiger partial charge in [0.1, 0.15) is 5.82 Å². The summed E-state index contributed by atoms with van der Waals surface area (Å²) in [5, 5.41) is 5.77. The molecule has 1 saturated heterocycles. The number of nitrogens with zero attached hydrogens (tertiary/aromatic N) is 1. The topological polar surface area (TPSA) is 79.9 Å². The number of hydrogen-bond acceptors (Lipinski definition) is 4. The van der Waals surface area contributed by atoms with Crippen molar-refractivity contribution in [3.05, 3.63) is 53.8 Å². The third kappa shape index (κ3) is 6.35. The Hall–Kier alpha value is -3.29. The van der Waals surface area contributed by atoms with Crippen LogP contribution in [0.25, 0.3) is 0 Å². The molecule has 172 valence electrons. The van der Waals surface area contributed by atoms with Crippen LogP contribution in [0.5, 0.6) is 11.5 Å². The van der Waals surface area contributed by atoms with Gasteiger partial charge in [0.25, 0.3) is 5.91 Å². The second kappa shape index (κ2) is 11.4. The minimum atomic E-state index is -0.342. The van der Waals surface area contributed by atoms with Crippen LogP contribution in [0.15, 0.2) is 42.5 Å². The standard InChI is InChI=1S/C24H30FN3O4/c1-3-31-21-10-5-18(15-22(21)32-4-2)23(29)26-16-17-11-13-28(14-12-17)24(30)27-20-8-6-19(25)7-9-20/h5-10,15,17H,3-4,11-14,16H2,1-2H3,(H,26,29)(H,27,30). The number of urea groups is 1. The van der Waals surface area contributed by atoms with Crippen molar-refractivity contribution in [2.75, 3.05) is 38.2 Å². The first kappa shape index (κ1) is 23.4. The highest BCUT2D eigenvalue weighted by molar-refractivity contribution is 5.95. The lowest BCUT2D eigenvalue weighted by Gasteiger charge is -2.32. The van der Waals surface area contributed by atoms with E-state index in [4.69, 9.17) is 9.47 Å². The lowest BCUT2D eigenvalue weighted by Crippen LogP contribution is -2.43. The van der Waals surface area contributed by atoms with Crippen molar-refractivity contribution in [2.24, 2.45) is 5.92 Å². The third-order valence-corrected chi connectivity index (χ3v) is 5.35. The van der Waals surface area contributed by atoms with E-state index < -0.39 is 0 Å². The number of halogens is 1. The quantitative estimate of drug-likeness (QED) is 0.638. The average Bonchev–Trinajstić information content (AvgIpc) is 2.80. The largest absolute Gasteiger partial charge is 0.490 e. The molecule has 8 heteroatoms. The molecule has 1 aliphatic heterocycles. The molecule has 0 spiro atoms. The normalized spacial score (nSPS) is 14.0. The van der Waals surface area contributed by atoms with Crippen molar-refractivity contribution in [3.8, 4) is 11.5 Å². The average molecular weight is 444 g/mol. The van der Waals surface area contributed by atoms with Gasteiger partial charge >= 0.3 is 6.03 Å². The van der Waals surface area contributed by atoms with Gasteiger partial charge in [0.05, 0.1) is 13.2 Å². The number of likely N-dealkylation sites (tertiary alicyclic amines) is 1. The molecular weight excluding hydrogens is 413 g/mol. The second-order valence-electron chi connectivity index (χ2n) is 7.61. The summed E-state index contributed by atoms with van der Waals surface area (Å²) < 4.78 is 24.1. The Balaban J connectivity index is 1.46. The van der Waals surface area contributed by atoms with Crippen molar-refractivity contribution >= 4 is 17.6 Å². The summed E-state index contributed by atoms with van der Waals surface area (Å²) in [6.07, 6.45) is 1.59. The van der Waals surface area contributed by atoms with Gasteiger partial charge in [-0.05, 0) is 75.1 Å². The number of carbonyl (C=O) groups is 2. The summed E-state index contributed by atoms with van der Waals surface area (Å²) in [6, 6.07) is 10.7. The van der Waals surface area contributed by atoms with E-state index in [2.05, 4.69) is 10.6 Å². The first-order valence-electron chi connectivity index (χ1n) is 11.0. The molecule has 0 bridgehead atoms. The number of hydrogen-bond donors (Lipinski definition) is 2. The number of amides is 3. The Kier molecular flexibility index (Phi) is 8.30. The molecule has 2 aromatic carbocycles. The van der Waals surface area contributed by atoms with E-state index in [-0.39, 0.29) is 17.8 Å². The maximum absolute atomic E-state index is 13.0. The smallest absolute Gasteiger partial charge is 0.321 e. The Labute approximate surface area is 187 Å². The lowest BCUT2D eigenvalue weighted by atomic mass is 9.97. The van der Waals surface area contributed by atoms with E-state index in [1.807, 2.05) is 13.8 Å². The van der Waals surface area contributed by atoms with Gasteiger partial charge in [0.2, 0.25) is 0 Å². The van der Waals surface area contributed by atoms with Gasteiger partial charge in [-0.3, -0.25) is 4.79 Å². The van der Waals surface area contributed by atoms with Crippen LogP contribution < -0.4 is 20.1 Å². The SMILES string of the molecule is CCOc1ccc(C(=O)NCC2CCN(C(=O)Nc3ccc(F)cc3)CC2)cc1OCC. The third-order valence-electron chi connectivity index (χ3n) is 5.35. The van der Waals surface area contributed by atoms with E-state index in [0.29, 0.717) is 61.5 Å². The van der Waals surface area contributed by atoms with Gasteiger partial charge in [-0.25, -0.2) is 9.18 Å². The van der Waals surface area contributed by atoms with Crippen molar-refractivity contribution in [3.63, 3.8) is 0 Å². The highest BCUT2D eigenvalue weighted by Gasteiger charge is 2.23. The fourth-order valence-electron chi connectivity index (χ4n) is 3.61. The molecule has 32 heavy (non-hydrogen) atoms. The van der Waals surface area contributed by atoms with Gasteiger partial charge in [-0.1, -0.05) is 0 Å². The predicted molar refractivity (Wildman–Crippen MR) is 121 cm³/mol. The zero-order chi connectivity index (χ0) is 22.9. The van der Waals surface area contributed by atoms with Crippen LogP contribution in [0.2, 0.25) is 0 Å². The minimum absolute atomic E-state index is 0.162. The molecule has 1 heterocycles. The zero-order valence-corrected chi connectivity index (χ0v) is 18.5. The van der Waals surface area contributed by atoms with E-state index in [1.54, 1.807) is 23.1 Å². The number of anilines is 1. The molecule has 2 N–H and O–H groups in total. The fraction of sp³-hybridized carbons (Fsp3) is 0.417. The summed E-state index contributed by atoms with van der Waals surface area (Å²) in [5.74, 6) is 0.971. The van der Waals surface area contributed by atoms with Gasteiger partial charge < -0.3 is 25.0 Å². The molecule has 0 aliphatic carbocycles. The van der Waals surface area contributed by atoms with Gasteiger partial charge in [0.15, 0.2) is 11.5 Å². The molecule has 3 rings (SSSR count). The Morgan fingerprint density at radius 3 is 2.31 bits per heavy atom. The van der Waals surface area contributed by atoms with E-state index in [0.717, 1.165) is 12.8 Å². The number of ether oxygens (including phenoxy) is 2. The summed E-state index contributed by atoms with van der Waals surface area (Å²) in [7, 11) is 0. The Bertz CT molecular complexity index is 912. The monoisotopic (exact) mass is 443 g/mol. The van der Waals surface area contributed by atoms with E-state index in [9.17, 15) is 14.0 Å². The number of benzene rings is 2. The van der Waals surface area contributed by atoms with Gasteiger partial charge in [0, 0.05) is 30.9 Å². The molecule has 0 unspecified atom stereocenters. The van der Waals surface area contributed by atoms with Crippen molar-refractivity contribution < 1.29 is 23.5 Å². The lowest BCUT2D eigenvalue weighted by molar-refractivity contribution is 0.0938. The maximum atomic E-state index is 13.0. The Morgan fingerprint density at radius 2 is 1.66 bits per heavy atom. The number of carbonyl (C=O) groups excluding carboxylic acids is 2. The first-order chi connectivity index (χ1) is 15.5. The van der Waals surface area contributed by atoms with Crippen molar-refractivity contribution in [1.29, 1.82) is 0 Å². The fourth-order valence-corrected chi connectivity index (χ4v) is 3.61. The number of piperidine rings is 1. The second-order valence-corrected chi connectivity index (χ2v) is 7.61. The van der Waals surface area contributed by atoms with Gasteiger partial charge in [-0.15, -0.1) is 0 Å². The zero-order valence-electron chi connectivity index (χ0n) is 18.5. The van der Waals surface area contributed by atoms with Crippen LogP contribution >= 0.6 is 0 Å². The Morgan fingerprint density at radius 1 is 1.00 bits per heavy atom. The highest BCUT2D eigenvalue weighted by atomic mass is 19.1. The molecule has 0 aromatic heterocycles. The predicted octanol–water partition coefficient (Wildman–Crippen LogP) is 4.30. The van der Waals surface area contributed by atoms with E-state index >= 15 is 0 Å². The van der Waals surface area contributed by atoms with Crippen LogP contribution in [0.1, 0.15) is 37.0 Å². The minimum Gasteiger partial charge on any atom is -0.490 e. The molecule has 1 aliphatic rings. The summed E-state index contributed by atoms with van der Waals surface area (Å²) in [6.45, 7) is 6.53. The van der Waals surface area contributed by atoms with Crippen molar-refractivity contribution in [2.45, 2.75) is 26.7 Å². The molecule has 2 aromatic rings. The van der Waals surface area contributed by atoms with Crippen LogP contribution in [0, 0.1) is 11.7 Å².